The predicted molar refractivity (Wildman–Crippen MR) is 111 cm³/mol. The molecule has 0 unspecified atom stereocenters. The van der Waals surface area contributed by atoms with E-state index in [2.05, 4.69) is 5.32 Å². The Morgan fingerprint density at radius 3 is 2.39 bits per heavy atom. The third kappa shape index (κ3) is 6.27. The standard InChI is InChI=1S/C22H27ClN2O3/c1-3-14-24-22(27)19(4-2)25(15-17-10-6-5-7-11-17)21(26)16-28-20-13-9-8-12-18(20)23/h5-13,19H,3-4,14-16H2,1-2H3,(H,24,27)/t19-/m1/s1. The van der Waals surface area contributed by atoms with Crippen LogP contribution in [-0.4, -0.2) is 35.9 Å². The molecule has 5 nitrogen and oxygen atoms in total. The van der Waals surface area contributed by atoms with Crippen LogP contribution in [0.2, 0.25) is 5.02 Å². The predicted octanol–water partition coefficient (Wildman–Crippen LogP) is 4.05. The van der Waals surface area contributed by atoms with Gasteiger partial charge in [-0.05, 0) is 30.5 Å². The van der Waals surface area contributed by atoms with Crippen LogP contribution >= 0.6 is 11.6 Å². The fourth-order valence-electron chi connectivity index (χ4n) is 2.85. The van der Waals surface area contributed by atoms with Gasteiger partial charge in [0.1, 0.15) is 11.8 Å². The van der Waals surface area contributed by atoms with Gasteiger partial charge in [-0.1, -0.05) is 67.9 Å². The van der Waals surface area contributed by atoms with Crippen molar-refractivity contribution >= 4 is 23.4 Å². The van der Waals surface area contributed by atoms with E-state index < -0.39 is 6.04 Å². The number of amides is 2. The number of hydrogen-bond donors (Lipinski definition) is 1. The first-order valence-electron chi connectivity index (χ1n) is 9.55. The lowest BCUT2D eigenvalue weighted by Gasteiger charge is -2.30. The maximum atomic E-state index is 13.0. The van der Waals surface area contributed by atoms with Gasteiger partial charge in [0.2, 0.25) is 5.91 Å². The van der Waals surface area contributed by atoms with Crippen LogP contribution in [0.5, 0.6) is 5.75 Å². The number of rotatable bonds is 10. The molecule has 0 heterocycles. The SMILES string of the molecule is CCCNC(=O)[C@@H](CC)N(Cc1ccccc1)C(=O)COc1ccccc1Cl. The fourth-order valence-corrected chi connectivity index (χ4v) is 3.04. The van der Waals surface area contributed by atoms with Crippen LogP contribution in [0, 0.1) is 0 Å². The van der Waals surface area contributed by atoms with Crippen LogP contribution < -0.4 is 10.1 Å². The molecule has 1 atom stereocenters. The molecule has 0 radical (unpaired) electrons. The van der Waals surface area contributed by atoms with Crippen molar-refractivity contribution in [1.82, 2.24) is 10.2 Å². The lowest BCUT2D eigenvalue weighted by Crippen LogP contribution is -2.50. The molecule has 6 heteroatoms. The summed E-state index contributed by atoms with van der Waals surface area (Å²) in [4.78, 5) is 27.2. The van der Waals surface area contributed by atoms with E-state index in [1.54, 1.807) is 29.2 Å². The van der Waals surface area contributed by atoms with Gasteiger partial charge in [-0.15, -0.1) is 0 Å². The summed E-state index contributed by atoms with van der Waals surface area (Å²) in [6.07, 6.45) is 1.35. The molecule has 1 N–H and O–H groups in total. The van der Waals surface area contributed by atoms with E-state index in [-0.39, 0.29) is 18.4 Å². The molecular formula is C22H27ClN2O3. The molecule has 2 aromatic carbocycles. The van der Waals surface area contributed by atoms with Crippen LogP contribution in [0.1, 0.15) is 32.3 Å². The van der Waals surface area contributed by atoms with E-state index in [4.69, 9.17) is 16.3 Å². The summed E-state index contributed by atoms with van der Waals surface area (Å²) < 4.78 is 5.62. The zero-order valence-electron chi connectivity index (χ0n) is 16.4. The van der Waals surface area contributed by atoms with Gasteiger partial charge in [0, 0.05) is 13.1 Å². The number of ether oxygens (including phenoxy) is 1. The fraction of sp³-hybridized carbons (Fsp3) is 0.364. The third-order valence-corrected chi connectivity index (χ3v) is 4.63. The van der Waals surface area contributed by atoms with Crippen molar-refractivity contribution in [3.8, 4) is 5.75 Å². The second kappa shape index (κ2) is 11.3. The van der Waals surface area contributed by atoms with Gasteiger partial charge in [0.05, 0.1) is 5.02 Å². The number of hydrogen-bond acceptors (Lipinski definition) is 3. The molecule has 2 aromatic rings. The first-order chi connectivity index (χ1) is 13.6. The van der Waals surface area contributed by atoms with E-state index >= 15 is 0 Å². The Labute approximate surface area is 171 Å². The first kappa shape index (κ1) is 21.8. The molecule has 0 bridgehead atoms. The van der Waals surface area contributed by atoms with Crippen LogP contribution in [-0.2, 0) is 16.1 Å². The average molecular weight is 403 g/mol. The van der Waals surface area contributed by atoms with Crippen LogP contribution in [0.4, 0.5) is 0 Å². The van der Waals surface area contributed by atoms with Crippen molar-refractivity contribution in [2.45, 2.75) is 39.3 Å². The summed E-state index contributed by atoms with van der Waals surface area (Å²) in [6, 6.07) is 16.1. The Kier molecular flexibility index (Phi) is 8.82. The van der Waals surface area contributed by atoms with Gasteiger partial charge in [0.25, 0.3) is 5.91 Å². The molecule has 2 rings (SSSR count). The highest BCUT2D eigenvalue weighted by Crippen LogP contribution is 2.23. The third-order valence-electron chi connectivity index (χ3n) is 4.32. The summed E-state index contributed by atoms with van der Waals surface area (Å²) >= 11 is 6.10. The van der Waals surface area contributed by atoms with Gasteiger partial charge in [-0.2, -0.15) is 0 Å². The number of benzene rings is 2. The monoisotopic (exact) mass is 402 g/mol. The number of nitrogens with zero attached hydrogens (tertiary/aromatic N) is 1. The van der Waals surface area contributed by atoms with Gasteiger partial charge in [0.15, 0.2) is 6.61 Å². The Hall–Kier alpha value is -2.53. The van der Waals surface area contributed by atoms with Crippen molar-refractivity contribution in [3.05, 3.63) is 65.2 Å². The van der Waals surface area contributed by atoms with Crippen molar-refractivity contribution in [2.75, 3.05) is 13.2 Å². The molecule has 0 aromatic heterocycles. The molecule has 150 valence electrons. The topological polar surface area (TPSA) is 58.6 Å². The second-order valence-corrected chi connectivity index (χ2v) is 6.85. The molecular weight excluding hydrogens is 376 g/mol. The first-order valence-corrected chi connectivity index (χ1v) is 9.93. The molecule has 0 aliphatic carbocycles. The Morgan fingerprint density at radius 2 is 1.75 bits per heavy atom. The van der Waals surface area contributed by atoms with E-state index in [0.29, 0.717) is 30.3 Å². The maximum absolute atomic E-state index is 13.0. The zero-order valence-corrected chi connectivity index (χ0v) is 17.1. The normalized spacial score (nSPS) is 11.5. The highest BCUT2D eigenvalue weighted by Gasteiger charge is 2.28. The Balaban J connectivity index is 2.17. The number of halogens is 1. The molecule has 0 fully saturated rings. The van der Waals surface area contributed by atoms with Gasteiger partial charge < -0.3 is 15.0 Å². The van der Waals surface area contributed by atoms with E-state index in [0.717, 1.165) is 12.0 Å². The summed E-state index contributed by atoms with van der Waals surface area (Å²) in [7, 11) is 0. The molecule has 0 aliphatic rings. The largest absolute Gasteiger partial charge is 0.482 e. The average Bonchev–Trinajstić information content (AvgIpc) is 2.72. The molecule has 0 aliphatic heterocycles. The number of carbonyl (C=O) groups excluding carboxylic acids is 2. The Morgan fingerprint density at radius 1 is 1.07 bits per heavy atom. The van der Waals surface area contributed by atoms with Crippen molar-refractivity contribution in [2.24, 2.45) is 0 Å². The maximum Gasteiger partial charge on any atom is 0.261 e. The van der Waals surface area contributed by atoms with Gasteiger partial charge >= 0.3 is 0 Å². The number of nitrogens with one attached hydrogen (secondary N) is 1. The molecule has 0 saturated heterocycles. The summed E-state index contributed by atoms with van der Waals surface area (Å²) in [5.74, 6) is 0.0364. The van der Waals surface area contributed by atoms with Crippen LogP contribution in [0.3, 0.4) is 0 Å². The highest BCUT2D eigenvalue weighted by atomic mass is 35.5. The van der Waals surface area contributed by atoms with Crippen molar-refractivity contribution in [3.63, 3.8) is 0 Å². The summed E-state index contributed by atoms with van der Waals surface area (Å²) in [5, 5.41) is 3.33. The highest BCUT2D eigenvalue weighted by molar-refractivity contribution is 6.32. The minimum atomic E-state index is -0.561. The second-order valence-electron chi connectivity index (χ2n) is 6.44. The number of para-hydroxylation sites is 1. The van der Waals surface area contributed by atoms with Gasteiger partial charge in [-0.25, -0.2) is 0 Å². The van der Waals surface area contributed by atoms with Crippen molar-refractivity contribution in [1.29, 1.82) is 0 Å². The minimum Gasteiger partial charge on any atom is -0.482 e. The quantitative estimate of drug-likeness (QED) is 0.652. The minimum absolute atomic E-state index is 0.147. The van der Waals surface area contributed by atoms with E-state index in [1.165, 1.54) is 0 Å². The molecule has 28 heavy (non-hydrogen) atoms. The zero-order chi connectivity index (χ0) is 20.4. The van der Waals surface area contributed by atoms with E-state index in [1.807, 2.05) is 44.2 Å². The Bertz CT molecular complexity index is 767. The molecule has 0 saturated carbocycles. The van der Waals surface area contributed by atoms with Crippen LogP contribution in [0.25, 0.3) is 0 Å². The van der Waals surface area contributed by atoms with Gasteiger partial charge in [-0.3, -0.25) is 9.59 Å². The molecule has 2 amide bonds. The number of carbonyl (C=O) groups is 2. The smallest absolute Gasteiger partial charge is 0.261 e. The van der Waals surface area contributed by atoms with Crippen molar-refractivity contribution < 1.29 is 14.3 Å². The van der Waals surface area contributed by atoms with E-state index in [9.17, 15) is 9.59 Å². The summed E-state index contributed by atoms with van der Waals surface area (Å²) in [6.45, 7) is 4.62. The molecule has 0 spiro atoms. The lowest BCUT2D eigenvalue weighted by molar-refractivity contribution is -0.143. The van der Waals surface area contributed by atoms with Crippen LogP contribution in [0.15, 0.2) is 54.6 Å². The lowest BCUT2D eigenvalue weighted by atomic mass is 10.1. The summed E-state index contributed by atoms with van der Waals surface area (Å²) in [5.41, 5.74) is 0.954.